The monoisotopic (exact) mass is 414 g/mol. The summed E-state index contributed by atoms with van der Waals surface area (Å²) in [5, 5.41) is 6.16. The van der Waals surface area contributed by atoms with Crippen LogP contribution in [0.4, 0.5) is 11.4 Å². The highest BCUT2D eigenvalue weighted by Gasteiger charge is 2.38. The number of nitrogens with one attached hydrogen (secondary N) is 2. The van der Waals surface area contributed by atoms with Crippen LogP contribution in [0.15, 0.2) is 41.0 Å². The smallest absolute Gasteiger partial charge is 0.239 e. The lowest BCUT2D eigenvalue weighted by Crippen LogP contribution is -2.33. The van der Waals surface area contributed by atoms with Crippen LogP contribution in [-0.4, -0.2) is 29.9 Å². The van der Waals surface area contributed by atoms with Crippen molar-refractivity contribution >= 4 is 39.1 Å². The maximum absolute atomic E-state index is 12.7. The van der Waals surface area contributed by atoms with Gasteiger partial charge in [-0.1, -0.05) is 12.1 Å². The predicted octanol–water partition coefficient (Wildman–Crippen LogP) is 2.48. The number of hydrogen-bond acceptors (Lipinski definition) is 4. The van der Waals surface area contributed by atoms with Crippen molar-refractivity contribution in [2.24, 2.45) is 5.92 Å². The molecule has 0 saturated carbocycles. The van der Waals surface area contributed by atoms with Gasteiger partial charge in [0, 0.05) is 36.2 Å². The molecule has 0 spiro atoms. The molecule has 26 heavy (non-hydrogen) atoms. The number of halogens is 1. The largest absolute Gasteiger partial charge is 0.324 e. The summed E-state index contributed by atoms with van der Waals surface area (Å²) < 4.78 is 0.848. The van der Waals surface area contributed by atoms with E-state index in [-0.39, 0.29) is 11.8 Å². The summed E-state index contributed by atoms with van der Waals surface area (Å²) in [4.78, 5) is 31.5. The molecule has 2 N–H and O–H groups in total. The van der Waals surface area contributed by atoms with E-state index in [4.69, 9.17) is 0 Å². The number of carbonyl (C=O) groups is 2. The number of hydrogen-bond donors (Lipinski definition) is 2. The second-order valence-electron chi connectivity index (χ2n) is 6.53. The van der Waals surface area contributed by atoms with Crippen LogP contribution in [0, 0.1) is 5.92 Å². The van der Waals surface area contributed by atoms with Crippen molar-refractivity contribution in [2.75, 3.05) is 23.3 Å². The van der Waals surface area contributed by atoms with Crippen LogP contribution in [0.1, 0.15) is 17.7 Å². The Morgan fingerprint density at radius 1 is 1.35 bits per heavy atom. The topological polar surface area (TPSA) is 74.3 Å². The molecule has 2 aliphatic heterocycles. The predicted molar refractivity (Wildman–Crippen MR) is 103 cm³/mol. The van der Waals surface area contributed by atoms with Crippen molar-refractivity contribution in [3.8, 4) is 0 Å². The lowest BCUT2D eigenvalue weighted by Gasteiger charge is -2.19. The number of fused-ring (bicyclic) bond motifs is 1. The molecular formula is C19H19BrN4O2. The number of anilines is 2. The average molecular weight is 415 g/mol. The molecule has 2 aromatic rings. The van der Waals surface area contributed by atoms with Gasteiger partial charge in [0.1, 0.15) is 5.92 Å². The third-order valence-corrected chi connectivity index (χ3v) is 5.52. The van der Waals surface area contributed by atoms with Crippen LogP contribution < -0.4 is 15.5 Å². The van der Waals surface area contributed by atoms with E-state index in [2.05, 4.69) is 31.5 Å². The van der Waals surface area contributed by atoms with E-state index in [1.165, 1.54) is 0 Å². The van der Waals surface area contributed by atoms with E-state index in [9.17, 15) is 9.59 Å². The maximum Gasteiger partial charge on any atom is 0.239 e. The number of amides is 2. The molecular weight excluding hydrogens is 396 g/mol. The highest BCUT2D eigenvalue weighted by Crippen LogP contribution is 2.31. The zero-order valence-electron chi connectivity index (χ0n) is 14.2. The summed E-state index contributed by atoms with van der Waals surface area (Å²) in [7, 11) is 0. The Morgan fingerprint density at radius 3 is 3.04 bits per heavy atom. The zero-order valence-corrected chi connectivity index (χ0v) is 15.8. The summed E-state index contributed by atoms with van der Waals surface area (Å²) in [6.07, 6.45) is 3.07. The van der Waals surface area contributed by atoms with Gasteiger partial charge in [-0.25, -0.2) is 0 Å². The molecule has 1 saturated heterocycles. The van der Waals surface area contributed by atoms with Gasteiger partial charge in [-0.15, -0.1) is 0 Å². The molecule has 1 atom stereocenters. The Labute approximate surface area is 160 Å². The second-order valence-corrected chi connectivity index (χ2v) is 7.38. The summed E-state index contributed by atoms with van der Waals surface area (Å²) in [6.45, 7) is 2.21. The first-order chi connectivity index (χ1) is 12.6. The van der Waals surface area contributed by atoms with E-state index in [1.807, 2.05) is 30.3 Å². The number of benzene rings is 1. The van der Waals surface area contributed by atoms with Crippen molar-refractivity contribution < 1.29 is 9.59 Å². The molecule has 1 aromatic carbocycles. The molecule has 6 nitrogen and oxygen atoms in total. The van der Waals surface area contributed by atoms with Crippen LogP contribution in [0.5, 0.6) is 0 Å². The van der Waals surface area contributed by atoms with Crippen molar-refractivity contribution in [2.45, 2.75) is 19.4 Å². The van der Waals surface area contributed by atoms with E-state index in [0.717, 1.165) is 40.9 Å². The Morgan fingerprint density at radius 2 is 2.19 bits per heavy atom. The average Bonchev–Trinajstić information content (AvgIpc) is 3.03. The normalized spacial score (nSPS) is 19.3. The van der Waals surface area contributed by atoms with Gasteiger partial charge in [-0.05, 0) is 46.1 Å². The molecule has 2 aliphatic rings. The number of para-hydroxylation sites is 1. The number of pyridine rings is 1. The first-order valence-electron chi connectivity index (χ1n) is 8.69. The van der Waals surface area contributed by atoms with Crippen LogP contribution in [-0.2, 0) is 22.6 Å². The lowest BCUT2D eigenvalue weighted by molar-refractivity contribution is -0.129. The van der Waals surface area contributed by atoms with Crippen molar-refractivity contribution in [1.29, 1.82) is 0 Å². The highest BCUT2D eigenvalue weighted by atomic mass is 79.9. The maximum atomic E-state index is 12.7. The Bertz CT molecular complexity index is 870. The first kappa shape index (κ1) is 17.2. The first-order valence-corrected chi connectivity index (χ1v) is 9.48. The summed E-state index contributed by atoms with van der Waals surface area (Å²) >= 11 is 3.47. The van der Waals surface area contributed by atoms with Gasteiger partial charge < -0.3 is 15.5 Å². The minimum atomic E-state index is -0.670. The van der Waals surface area contributed by atoms with Gasteiger partial charge in [0.2, 0.25) is 11.8 Å². The van der Waals surface area contributed by atoms with E-state index >= 15 is 0 Å². The van der Waals surface area contributed by atoms with Crippen LogP contribution in [0.2, 0.25) is 0 Å². The van der Waals surface area contributed by atoms with Gasteiger partial charge in [0.15, 0.2) is 0 Å². The van der Waals surface area contributed by atoms with Crippen LogP contribution in [0.3, 0.4) is 0 Å². The molecule has 3 heterocycles. The Kier molecular flexibility index (Phi) is 4.74. The van der Waals surface area contributed by atoms with E-state index in [1.54, 1.807) is 11.1 Å². The summed E-state index contributed by atoms with van der Waals surface area (Å²) in [6, 6.07) is 9.49. The third-order valence-electron chi connectivity index (χ3n) is 4.85. The van der Waals surface area contributed by atoms with E-state index < -0.39 is 5.92 Å². The molecule has 1 fully saturated rings. The zero-order chi connectivity index (χ0) is 18.1. The van der Waals surface area contributed by atoms with Crippen molar-refractivity contribution in [3.63, 3.8) is 0 Å². The van der Waals surface area contributed by atoms with Crippen molar-refractivity contribution in [1.82, 2.24) is 10.3 Å². The quantitative estimate of drug-likeness (QED) is 0.756. The minimum Gasteiger partial charge on any atom is -0.324 e. The Balaban J connectivity index is 1.47. The molecule has 7 heteroatoms. The number of aromatic nitrogens is 1. The summed E-state index contributed by atoms with van der Waals surface area (Å²) in [5.41, 5.74) is 3.61. The molecule has 0 unspecified atom stereocenters. The van der Waals surface area contributed by atoms with Gasteiger partial charge in [-0.3, -0.25) is 14.6 Å². The molecule has 4 rings (SSSR count). The second kappa shape index (κ2) is 7.17. The third kappa shape index (κ3) is 3.24. The molecule has 0 bridgehead atoms. The van der Waals surface area contributed by atoms with Gasteiger partial charge in [-0.2, -0.15) is 0 Å². The molecule has 0 radical (unpaired) electrons. The fourth-order valence-electron chi connectivity index (χ4n) is 3.48. The van der Waals surface area contributed by atoms with Gasteiger partial charge in [0.05, 0.1) is 17.6 Å². The number of rotatable bonds is 3. The molecule has 134 valence electrons. The highest BCUT2D eigenvalue weighted by molar-refractivity contribution is 9.10. The number of nitrogens with zero attached hydrogens (tertiary/aromatic N) is 2. The number of carbonyl (C=O) groups excluding carboxylic acids is 2. The lowest BCUT2D eigenvalue weighted by atomic mass is 10.1. The standard InChI is InChI=1S/C19H19BrN4O2/c20-15-3-1-2-4-17(15)24-8-6-14(19(24)26)18(25)23-13-9-12-10-21-7-5-16(12)22-11-13/h1-4,9,11,14,21H,5-8,10H2,(H,23,25)/t14-/m1/s1. The van der Waals surface area contributed by atoms with Gasteiger partial charge in [0.25, 0.3) is 0 Å². The van der Waals surface area contributed by atoms with E-state index in [0.29, 0.717) is 18.7 Å². The molecule has 2 amide bonds. The fourth-order valence-corrected chi connectivity index (χ4v) is 3.98. The van der Waals surface area contributed by atoms with Crippen molar-refractivity contribution in [3.05, 3.63) is 52.3 Å². The minimum absolute atomic E-state index is 0.165. The SMILES string of the molecule is O=C(Nc1cnc2c(c1)CNCC2)[C@H]1CCN(c2ccccc2Br)C1=O. The van der Waals surface area contributed by atoms with Gasteiger partial charge >= 0.3 is 0 Å². The summed E-state index contributed by atoms with van der Waals surface area (Å²) in [5.74, 6) is -1.10. The molecule has 1 aromatic heterocycles. The Hall–Kier alpha value is -2.25. The fraction of sp³-hybridized carbons (Fsp3) is 0.316. The van der Waals surface area contributed by atoms with Crippen LogP contribution in [0.25, 0.3) is 0 Å². The van der Waals surface area contributed by atoms with Crippen LogP contribution >= 0.6 is 15.9 Å². The molecule has 0 aliphatic carbocycles.